The summed E-state index contributed by atoms with van der Waals surface area (Å²) in [6, 6.07) is 0. The number of aliphatic carboxylic acids is 2. The second-order valence-electron chi connectivity index (χ2n) is 1.59. The Labute approximate surface area is 74.1 Å². The van der Waals surface area contributed by atoms with Gasteiger partial charge < -0.3 is 10.2 Å². The Morgan fingerprint density at radius 2 is 1.14 bits per heavy atom. The molecular formula is C4H2NO9+. The fourth-order valence-corrected chi connectivity index (χ4v) is 0.232. The van der Waals surface area contributed by atoms with Gasteiger partial charge in [-0.05, 0) is 0 Å². The lowest BCUT2D eigenvalue weighted by Gasteiger charge is -1.85. The van der Waals surface area contributed by atoms with Crippen LogP contribution in [0.25, 0.3) is 0 Å². The standard InChI is InChI=1S/C4HNO9/c6-1(7)3(10)13-5(12)14-4(11)2(8)9/h(H-,6,7,8,9)/p+1. The average molecular weight is 208 g/mol. The quantitative estimate of drug-likeness (QED) is 0.382. The Morgan fingerprint density at radius 1 is 0.857 bits per heavy atom. The Kier molecular flexibility index (Phi) is 3.68. The third-order valence-electron chi connectivity index (χ3n) is 0.664. The molecule has 2 N–H and O–H groups in total. The van der Waals surface area contributed by atoms with E-state index in [1.54, 1.807) is 0 Å². The van der Waals surface area contributed by atoms with Gasteiger partial charge in [0.1, 0.15) is 4.91 Å². The van der Waals surface area contributed by atoms with Crippen LogP contribution in [0.5, 0.6) is 0 Å². The van der Waals surface area contributed by atoms with Crippen LogP contribution < -0.4 is 0 Å². The highest BCUT2D eigenvalue weighted by molar-refractivity contribution is 6.29. The third-order valence-corrected chi connectivity index (χ3v) is 0.664. The summed E-state index contributed by atoms with van der Waals surface area (Å²) in [7, 11) is 0. The van der Waals surface area contributed by atoms with Gasteiger partial charge in [-0.2, -0.15) is 0 Å². The maximum Gasteiger partial charge on any atom is 0.498 e. The van der Waals surface area contributed by atoms with Gasteiger partial charge >= 0.3 is 29.0 Å². The van der Waals surface area contributed by atoms with Crippen molar-refractivity contribution < 1.29 is 44.2 Å². The molecule has 10 nitrogen and oxygen atoms in total. The van der Waals surface area contributed by atoms with Crippen molar-refractivity contribution in [1.29, 1.82) is 0 Å². The maximum atomic E-state index is 10.2. The topological polar surface area (TPSA) is 147 Å². The minimum absolute atomic E-state index is 1.23. The highest BCUT2D eigenvalue weighted by Crippen LogP contribution is 1.85. The first-order valence-electron chi connectivity index (χ1n) is 2.72. The molecule has 0 unspecified atom stereocenters. The number of carbonyl (C=O) groups excluding carboxylic acids is 2. The molecule has 76 valence electrons. The van der Waals surface area contributed by atoms with Crippen LogP contribution in [-0.2, 0) is 28.9 Å². The van der Waals surface area contributed by atoms with E-state index in [4.69, 9.17) is 10.2 Å². The largest absolute Gasteiger partial charge is 0.498 e. The van der Waals surface area contributed by atoms with Crippen molar-refractivity contribution in [3.05, 3.63) is 4.91 Å². The summed E-state index contributed by atoms with van der Waals surface area (Å²) in [5.74, 6) is -8.29. The zero-order valence-electron chi connectivity index (χ0n) is 6.20. The minimum atomic E-state index is -2.11. The van der Waals surface area contributed by atoms with Crippen LogP contribution in [0.3, 0.4) is 0 Å². The molecular weight excluding hydrogens is 206 g/mol. The molecule has 0 aliphatic rings. The van der Waals surface area contributed by atoms with Crippen molar-refractivity contribution in [2.75, 3.05) is 0 Å². The van der Waals surface area contributed by atoms with Crippen molar-refractivity contribution >= 4 is 23.9 Å². The van der Waals surface area contributed by atoms with Gasteiger partial charge in [-0.3, -0.25) is 0 Å². The second kappa shape index (κ2) is 4.49. The molecule has 0 amide bonds. The highest BCUT2D eigenvalue weighted by Gasteiger charge is 2.32. The number of carboxylic acids is 2. The van der Waals surface area contributed by atoms with Crippen molar-refractivity contribution in [2.45, 2.75) is 0 Å². The van der Waals surface area contributed by atoms with Crippen molar-refractivity contribution in [2.24, 2.45) is 0 Å². The highest BCUT2D eigenvalue weighted by atomic mass is 17.0. The van der Waals surface area contributed by atoms with Crippen molar-refractivity contribution in [3.8, 4) is 0 Å². The van der Waals surface area contributed by atoms with Gasteiger partial charge in [-0.1, -0.05) is 9.68 Å². The monoisotopic (exact) mass is 208 g/mol. The van der Waals surface area contributed by atoms with E-state index in [-0.39, 0.29) is 0 Å². The van der Waals surface area contributed by atoms with Crippen LogP contribution >= 0.6 is 0 Å². The van der Waals surface area contributed by atoms with E-state index in [0.717, 1.165) is 0 Å². The zero-order chi connectivity index (χ0) is 11.3. The van der Waals surface area contributed by atoms with E-state index in [0.29, 0.717) is 0 Å². The fraction of sp³-hybridized carbons (Fsp3) is 0. The number of rotatable bonds is 2. The third kappa shape index (κ3) is 3.75. The number of nitrogens with zero attached hydrogens (tertiary/aromatic N) is 1. The maximum absolute atomic E-state index is 10.2. The second-order valence-corrected chi connectivity index (χ2v) is 1.59. The van der Waals surface area contributed by atoms with Crippen LogP contribution in [0.15, 0.2) is 0 Å². The molecule has 0 radical (unpaired) electrons. The molecule has 0 aromatic carbocycles. The molecule has 0 aliphatic carbocycles. The Balaban J connectivity index is 4.12. The van der Waals surface area contributed by atoms with Gasteiger partial charge in [0.2, 0.25) is 0 Å². The number of hydrogen-bond acceptors (Lipinski definition) is 7. The summed E-state index contributed by atoms with van der Waals surface area (Å²) in [5, 5.41) is 14.5. The first kappa shape index (κ1) is 11.5. The fourth-order valence-electron chi connectivity index (χ4n) is 0.232. The van der Waals surface area contributed by atoms with E-state index < -0.39 is 29.0 Å². The molecule has 0 atom stereocenters. The Hall–Kier alpha value is -2.52. The molecule has 0 aromatic heterocycles. The first-order chi connectivity index (χ1) is 6.34. The lowest BCUT2D eigenvalue weighted by Crippen LogP contribution is -2.27. The number of carboxylic acid groups (broad SMARTS) is 2. The predicted molar refractivity (Wildman–Crippen MR) is 31.1 cm³/mol. The van der Waals surface area contributed by atoms with Crippen LogP contribution in [0.4, 0.5) is 0 Å². The lowest BCUT2D eigenvalue weighted by molar-refractivity contribution is -0.943. The molecule has 0 aromatic rings. The lowest BCUT2D eigenvalue weighted by atomic mass is 10.7. The van der Waals surface area contributed by atoms with Crippen LogP contribution in [0, 0.1) is 4.91 Å². The molecule has 0 rings (SSSR count). The summed E-state index contributed by atoms with van der Waals surface area (Å²) < 4.78 is 0. The minimum Gasteiger partial charge on any atom is -0.473 e. The average Bonchev–Trinajstić information content (AvgIpc) is 2.03. The molecule has 0 saturated carbocycles. The van der Waals surface area contributed by atoms with E-state index >= 15 is 0 Å². The van der Waals surface area contributed by atoms with Gasteiger partial charge in [-0.25, -0.2) is 19.2 Å². The predicted octanol–water partition coefficient (Wildman–Crippen LogP) is -2.15. The number of carbonyl (C=O) groups is 4. The Morgan fingerprint density at radius 3 is 1.36 bits per heavy atom. The summed E-state index contributed by atoms with van der Waals surface area (Å²) in [6.07, 6.45) is 0. The SMILES string of the molecule is O=C(O)C(=O)O[N+](=O)OC(=O)C(=O)O. The number of hydrogen-bond donors (Lipinski definition) is 2. The zero-order valence-corrected chi connectivity index (χ0v) is 6.20. The molecule has 0 saturated heterocycles. The van der Waals surface area contributed by atoms with Crippen LogP contribution in [-0.4, -0.2) is 39.2 Å². The molecule has 10 heteroatoms. The summed E-state index contributed by atoms with van der Waals surface area (Å²) in [6.45, 7) is 0. The van der Waals surface area contributed by atoms with E-state index in [1.165, 1.54) is 0 Å². The van der Waals surface area contributed by atoms with Crippen LogP contribution in [0.2, 0.25) is 0 Å². The molecule has 14 heavy (non-hydrogen) atoms. The molecule has 0 bridgehead atoms. The first-order valence-corrected chi connectivity index (χ1v) is 2.72. The van der Waals surface area contributed by atoms with Gasteiger partial charge in [-0.15, -0.1) is 0 Å². The van der Waals surface area contributed by atoms with Gasteiger partial charge in [0.05, 0.1) is 0 Å². The van der Waals surface area contributed by atoms with Gasteiger partial charge in [0.15, 0.2) is 0 Å². The summed E-state index contributed by atoms with van der Waals surface area (Å²) >= 11 is 0. The van der Waals surface area contributed by atoms with Gasteiger partial charge in [0.25, 0.3) is 0 Å². The smallest absolute Gasteiger partial charge is 0.473 e. The molecule has 0 heterocycles. The molecule has 0 aliphatic heterocycles. The summed E-state index contributed by atoms with van der Waals surface area (Å²) in [5.41, 5.74) is 0. The molecule has 0 spiro atoms. The van der Waals surface area contributed by atoms with Crippen molar-refractivity contribution in [3.63, 3.8) is 0 Å². The van der Waals surface area contributed by atoms with E-state index in [1.807, 2.05) is 0 Å². The normalized spacial score (nSPS) is 8.57. The summed E-state index contributed by atoms with van der Waals surface area (Å²) in [4.78, 5) is 56.4. The Bertz CT molecular complexity index is 287. The van der Waals surface area contributed by atoms with Crippen LogP contribution in [0.1, 0.15) is 0 Å². The van der Waals surface area contributed by atoms with Gasteiger partial charge in [0, 0.05) is 0 Å². The molecule has 0 fully saturated rings. The van der Waals surface area contributed by atoms with E-state index in [9.17, 15) is 24.1 Å². The van der Waals surface area contributed by atoms with E-state index in [2.05, 4.69) is 9.68 Å². The van der Waals surface area contributed by atoms with Crippen molar-refractivity contribution in [1.82, 2.24) is 0 Å².